The second-order valence-corrected chi connectivity index (χ2v) is 7.67. The van der Waals surface area contributed by atoms with Crippen LogP contribution in [0.4, 0.5) is 5.69 Å². The number of hydrogen-bond acceptors (Lipinski definition) is 3. The molecule has 2 aromatic carbocycles. The zero-order valence-corrected chi connectivity index (χ0v) is 16.6. The van der Waals surface area contributed by atoms with Crippen molar-refractivity contribution in [2.75, 3.05) is 32.1 Å². The van der Waals surface area contributed by atoms with E-state index in [2.05, 4.69) is 45.7 Å². The van der Waals surface area contributed by atoms with Gasteiger partial charge in [0.05, 0.1) is 19.3 Å². The van der Waals surface area contributed by atoms with Crippen molar-refractivity contribution in [3.63, 3.8) is 0 Å². The van der Waals surface area contributed by atoms with Crippen LogP contribution in [-0.4, -0.2) is 42.5 Å². The number of carbonyl (C=O) groups is 1. The molecule has 0 bridgehead atoms. The fourth-order valence-electron chi connectivity index (χ4n) is 4.00. The highest BCUT2D eigenvalue weighted by Crippen LogP contribution is 2.33. The molecule has 1 fully saturated rings. The lowest BCUT2D eigenvalue weighted by atomic mass is 9.89. The van der Waals surface area contributed by atoms with Crippen molar-refractivity contribution in [3.8, 4) is 5.75 Å². The van der Waals surface area contributed by atoms with Gasteiger partial charge in [-0.2, -0.15) is 0 Å². The van der Waals surface area contributed by atoms with Gasteiger partial charge in [0, 0.05) is 22.1 Å². The molecular weight excluding hydrogens is 374 g/mol. The van der Waals surface area contributed by atoms with Gasteiger partial charge >= 0.3 is 0 Å². The largest absolute Gasteiger partial charge is 0.495 e. The first kappa shape index (κ1) is 18.8. The average Bonchev–Trinajstić information content (AvgIpc) is 3.13. The predicted molar refractivity (Wildman–Crippen MR) is 113 cm³/mol. The number of likely N-dealkylation sites (tertiary alicyclic amines) is 1. The number of halogens is 1. The summed E-state index contributed by atoms with van der Waals surface area (Å²) in [5.74, 6) is 1.09. The fourth-order valence-corrected chi connectivity index (χ4v) is 4.18. The zero-order valence-electron chi connectivity index (χ0n) is 15.9. The first-order chi connectivity index (χ1) is 13.6. The molecule has 28 heavy (non-hydrogen) atoms. The number of amides is 1. The number of H-pyrrole nitrogens is 1. The third-order valence-corrected chi connectivity index (χ3v) is 5.69. The highest BCUT2D eigenvalue weighted by atomic mass is 35.5. The molecule has 5 nitrogen and oxygen atoms in total. The summed E-state index contributed by atoms with van der Waals surface area (Å²) >= 11 is 6.04. The predicted octanol–water partition coefficient (Wildman–Crippen LogP) is 4.65. The van der Waals surface area contributed by atoms with Crippen LogP contribution in [0, 0.1) is 0 Å². The molecule has 146 valence electrons. The Morgan fingerprint density at radius 3 is 2.82 bits per heavy atom. The smallest absolute Gasteiger partial charge is 0.238 e. The molecule has 0 atom stereocenters. The summed E-state index contributed by atoms with van der Waals surface area (Å²) in [4.78, 5) is 18.1. The first-order valence-electron chi connectivity index (χ1n) is 9.56. The van der Waals surface area contributed by atoms with Crippen LogP contribution < -0.4 is 10.1 Å². The number of benzene rings is 2. The highest BCUT2D eigenvalue weighted by molar-refractivity contribution is 6.31. The van der Waals surface area contributed by atoms with Gasteiger partial charge in [-0.05, 0) is 61.7 Å². The van der Waals surface area contributed by atoms with Crippen molar-refractivity contribution in [1.29, 1.82) is 0 Å². The van der Waals surface area contributed by atoms with Crippen molar-refractivity contribution in [2.45, 2.75) is 18.8 Å². The van der Waals surface area contributed by atoms with Gasteiger partial charge in [-0.3, -0.25) is 9.69 Å². The molecular formula is C22H24ClN3O2. The number of rotatable bonds is 5. The molecule has 0 aliphatic carbocycles. The molecule has 0 unspecified atom stereocenters. The maximum Gasteiger partial charge on any atom is 0.238 e. The number of ether oxygens (including phenoxy) is 1. The number of nitrogens with one attached hydrogen (secondary N) is 2. The van der Waals surface area contributed by atoms with Crippen molar-refractivity contribution in [1.82, 2.24) is 9.88 Å². The Morgan fingerprint density at radius 1 is 1.25 bits per heavy atom. The summed E-state index contributed by atoms with van der Waals surface area (Å²) in [5.41, 5.74) is 3.19. The number of hydrogen-bond donors (Lipinski definition) is 2. The minimum atomic E-state index is -0.0499. The van der Waals surface area contributed by atoms with E-state index in [1.54, 1.807) is 25.3 Å². The first-order valence-corrected chi connectivity index (χ1v) is 9.93. The van der Waals surface area contributed by atoms with E-state index in [1.807, 2.05) is 0 Å². The average molecular weight is 398 g/mol. The summed E-state index contributed by atoms with van der Waals surface area (Å²) in [6.07, 6.45) is 4.24. The van der Waals surface area contributed by atoms with E-state index in [0.717, 1.165) is 25.9 Å². The number of methoxy groups -OCH3 is 1. The molecule has 0 saturated carbocycles. The van der Waals surface area contributed by atoms with Crippen molar-refractivity contribution in [2.24, 2.45) is 0 Å². The number of para-hydroxylation sites is 1. The van der Waals surface area contributed by atoms with Crippen LogP contribution in [0.5, 0.6) is 5.75 Å². The Labute approximate surface area is 169 Å². The van der Waals surface area contributed by atoms with Gasteiger partial charge < -0.3 is 15.0 Å². The van der Waals surface area contributed by atoms with E-state index in [1.165, 1.54) is 16.5 Å². The minimum absolute atomic E-state index is 0.0499. The monoisotopic (exact) mass is 397 g/mol. The van der Waals surface area contributed by atoms with E-state index in [9.17, 15) is 4.79 Å². The third kappa shape index (κ3) is 4.01. The molecule has 6 heteroatoms. The molecule has 1 saturated heterocycles. The highest BCUT2D eigenvalue weighted by Gasteiger charge is 2.24. The van der Waals surface area contributed by atoms with Gasteiger partial charge in [0.15, 0.2) is 0 Å². The lowest BCUT2D eigenvalue weighted by Crippen LogP contribution is -2.38. The van der Waals surface area contributed by atoms with Gasteiger partial charge in [0.1, 0.15) is 5.75 Å². The van der Waals surface area contributed by atoms with Gasteiger partial charge in [-0.15, -0.1) is 0 Å². The number of anilines is 1. The molecule has 0 spiro atoms. The van der Waals surface area contributed by atoms with Crippen LogP contribution in [0.3, 0.4) is 0 Å². The van der Waals surface area contributed by atoms with E-state index in [4.69, 9.17) is 16.3 Å². The molecule has 4 rings (SSSR count). The molecule has 2 heterocycles. The summed E-state index contributed by atoms with van der Waals surface area (Å²) in [5, 5.41) is 4.79. The number of aromatic nitrogens is 1. The maximum absolute atomic E-state index is 12.5. The molecule has 2 N–H and O–H groups in total. The second kappa shape index (κ2) is 8.25. The van der Waals surface area contributed by atoms with Crippen LogP contribution in [0.15, 0.2) is 48.7 Å². The Hall–Kier alpha value is -2.50. The van der Waals surface area contributed by atoms with Crippen LogP contribution in [0.25, 0.3) is 10.9 Å². The molecule has 0 radical (unpaired) electrons. The van der Waals surface area contributed by atoms with Crippen LogP contribution in [0.1, 0.15) is 24.3 Å². The molecule has 1 aromatic heterocycles. The van der Waals surface area contributed by atoms with Gasteiger partial charge in [0.2, 0.25) is 5.91 Å². The minimum Gasteiger partial charge on any atom is -0.495 e. The van der Waals surface area contributed by atoms with Crippen LogP contribution >= 0.6 is 11.6 Å². The Morgan fingerprint density at radius 2 is 2.04 bits per heavy atom. The molecule has 3 aromatic rings. The van der Waals surface area contributed by atoms with E-state index >= 15 is 0 Å². The summed E-state index contributed by atoms with van der Waals surface area (Å²) in [6.45, 7) is 2.19. The zero-order chi connectivity index (χ0) is 19.5. The Kier molecular flexibility index (Phi) is 5.55. The standard InChI is InChI=1S/C22H24ClN3O2/c1-28-21-7-6-16(23)12-20(21)25-22(27)14-26-10-8-15(9-11-26)18-13-24-19-5-3-2-4-17(18)19/h2-7,12-13,15,24H,8-11,14H2,1H3,(H,25,27). The van der Waals surface area contributed by atoms with Gasteiger partial charge in [0.25, 0.3) is 0 Å². The topological polar surface area (TPSA) is 57.4 Å². The van der Waals surface area contributed by atoms with Crippen molar-refractivity contribution >= 4 is 34.1 Å². The number of piperidine rings is 1. The van der Waals surface area contributed by atoms with E-state index < -0.39 is 0 Å². The number of nitrogens with zero attached hydrogens (tertiary/aromatic N) is 1. The quantitative estimate of drug-likeness (QED) is 0.659. The van der Waals surface area contributed by atoms with Gasteiger partial charge in [-0.1, -0.05) is 29.8 Å². The lowest BCUT2D eigenvalue weighted by molar-refractivity contribution is -0.117. The molecule has 1 aliphatic rings. The maximum atomic E-state index is 12.5. The van der Waals surface area contributed by atoms with Crippen molar-refractivity contribution < 1.29 is 9.53 Å². The van der Waals surface area contributed by atoms with Crippen LogP contribution in [0.2, 0.25) is 5.02 Å². The molecule has 1 aliphatic heterocycles. The summed E-state index contributed by atoms with van der Waals surface area (Å²) < 4.78 is 5.29. The third-order valence-electron chi connectivity index (χ3n) is 5.45. The van der Waals surface area contributed by atoms with Crippen molar-refractivity contribution in [3.05, 3.63) is 59.2 Å². The second-order valence-electron chi connectivity index (χ2n) is 7.23. The van der Waals surface area contributed by atoms with E-state index in [-0.39, 0.29) is 5.91 Å². The number of fused-ring (bicyclic) bond motifs is 1. The number of carbonyl (C=O) groups excluding carboxylic acids is 1. The lowest BCUT2D eigenvalue weighted by Gasteiger charge is -2.31. The number of aromatic amines is 1. The SMILES string of the molecule is COc1ccc(Cl)cc1NC(=O)CN1CCC(c2c[nH]c3ccccc23)CC1. The fraction of sp³-hybridized carbons (Fsp3) is 0.318. The van der Waals surface area contributed by atoms with E-state index in [0.29, 0.717) is 28.9 Å². The molecule has 1 amide bonds. The van der Waals surface area contributed by atoms with Gasteiger partial charge in [-0.25, -0.2) is 0 Å². The van der Waals surface area contributed by atoms with Crippen LogP contribution in [-0.2, 0) is 4.79 Å². The Bertz CT molecular complexity index is 977. The summed E-state index contributed by atoms with van der Waals surface area (Å²) in [7, 11) is 1.58. The summed E-state index contributed by atoms with van der Waals surface area (Å²) in [6, 6.07) is 13.6. The Balaban J connectivity index is 1.34. The normalized spacial score (nSPS) is 15.6.